The minimum Gasteiger partial charge on any atom is -0.393 e. The van der Waals surface area contributed by atoms with Crippen LogP contribution in [-0.4, -0.2) is 76.7 Å². The molecule has 2 aliphatic heterocycles. The minimum atomic E-state index is -1.57. The van der Waals surface area contributed by atoms with Gasteiger partial charge in [-0.3, -0.25) is 9.29 Å². The third kappa shape index (κ3) is 4.90. The van der Waals surface area contributed by atoms with E-state index in [1.165, 1.54) is 12.1 Å². The number of benzene rings is 2. The summed E-state index contributed by atoms with van der Waals surface area (Å²) in [6, 6.07) is 8.81. The zero-order chi connectivity index (χ0) is 26.3. The lowest BCUT2D eigenvalue weighted by molar-refractivity contribution is -0.00641. The van der Waals surface area contributed by atoms with Crippen molar-refractivity contribution in [3.63, 3.8) is 0 Å². The standard InChI is InChI=1S/C28H33F4N3O2/c1-16-9-21-20-5-2-3-6-24(20)33-26(21)27(35(16)14-19(30)15-36)25-22(31)10-17(11-23(25)32)28(37)18-12-34(13-18)8-4-7-29/h2-3,5-6,10-11,16,18-19,27-28,33,36-37H,4,7-9,12-15H2,1H3/t16-,19?,27-,28+/m1/s1. The van der Waals surface area contributed by atoms with Gasteiger partial charge < -0.3 is 20.1 Å². The number of aromatic nitrogens is 1. The summed E-state index contributed by atoms with van der Waals surface area (Å²) >= 11 is 0. The average Bonchev–Trinajstić information content (AvgIpc) is 3.22. The van der Waals surface area contributed by atoms with Crippen molar-refractivity contribution < 1.29 is 27.8 Å². The Morgan fingerprint density at radius 3 is 2.51 bits per heavy atom. The van der Waals surface area contributed by atoms with Gasteiger partial charge in [0.1, 0.15) is 17.8 Å². The second kappa shape index (κ2) is 10.7. The highest BCUT2D eigenvalue weighted by atomic mass is 19.1. The van der Waals surface area contributed by atoms with Crippen molar-refractivity contribution >= 4 is 10.9 Å². The fraction of sp³-hybridized carbons (Fsp3) is 0.500. The van der Waals surface area contributed by atoms with Gasteiger partial charge in [-0.1, -0.05) is 18.2 Å². The van der Waals surface area contributed by atoms with Crippen LogP contribution in [-0.2, 0) is 6.42 Å². The quantitative estimate of drug-likeness (QED) is 0.366. The first-order chi connectivity index (χ1) is 17.8. The van der Waals surface area contributed by atoms with E-state index < -0.39 is 43.2 Å². The van der Waals surface area contributed by atoms with Crippen LogP contribution in [0.3, 0.4) is 0 Å². The lowest BCUT2D eigenvalue weighted by Gasteiger charge is -2.42. The van der Waals surface area contributed by atoms with Gasteiger partial charge in [-0.25, -0.2) is 13.2 Å². The van der Waals surface area contributed by atoms with E-state index in [4.69, 9.17) is 0 Å². The first kappa shape index (κ1) is 26.2. The molecule has 1 saturated heterocycles. The Balaban J connectivity index is 1.51. The van der Waals surface area contributed by atoms with Crippen LogP contribution in [0.15, 0.2) is 36.4 Å². The third-order valence-electron chi connectivity index (χ3n) is 7.88. The van der Waals surface area contributed by atoms with Crippen LogP contribution in [0.25, 0.3) is 10.9 Å². The molecule has 0 saturated carbocycles. The van der Waals surface area contributed by atoms with Crippen LogP contribution in [0.2, 0.25) is 0 Å². The number of halogens is 4. The number of alkyl halides is 2. The van der Waals surface area contributed by atoms with Crippen LogP contribution in [0.4, 0.5) is 17.6 Å². The van der Waals surface area contributed by atoms with Crippen LogP contribution in [0.5, 0.6) is 0 Å². The number of likely N-dealkylation sites (tertiary alicyclic amines) is 1. The van der Waals surface area contributed by atoms with E-state index in [1.807, 2.05) is 36.1 Å². The van der Waals surface area contributed by atoms with Gasteiger partial charge in [0.15, 0.2) is 0 Å². The molecular formula is C28H33F4N3O2. The smallest absolute Gasteiger partial charge is 0.136 e. The fourth-order valence-corrected chi connectivity index (χ4v) is 5.97. The molecule has 2 aromatic carbocycles. The maximum absolute atomic E-state index is 15.8. The van der Waals surface area contributed by atoms with Gasteiger partial charge >= 0.3 is 0 Å². The number of hydrogen-bond acceptors (Lipinski definition) is 4. The summed E-state index contributed by atoms with van der Waals surface area (Å²) in [5.41, 5.74) is 2.33. The molecule has 200 valence electrons. The lowest BCUT2D eigenvalue weighted by Crippen LogP contribution is -2.49. The maximum atomic E-state index is 15.8. The van der Waals surface area contributed by atoms with E-state index in [0.29, 0.717) is 38.2 Å². The molecular weight excluding hydrogens is 486 g/mol. The van der Waals surface area contributed by atoms with Crippen LogP contribution in [0, 0.1) is 17.6 Å². The molecule has 2 aliphatic rings. The summed E-state index contributed by atoms with van der Waals surface area (Å²) in [5, 5.41) is 21.1. The predicted molar refractivity (Wildman–Crippen MR) is 134 cm³/mol. The van der Waals surface area contributed by atoms with Gasteiger partial charge in [-0.05, 0) is 49.1 Å². The maximum Gasteiger partial charge on any atom is 0.136 e. The number of H-pyrrole nitrogens is 1. The van der Waals surface area contributed by atoms with Gasteiger partial charge in [-0.2, -0.15) is 0 Å². The summed E-state index contributed by atoms with van der Waals surface area (Å²) in [6.07, 6.45) is -1.63. The summed E-state index contributed by atoms with van der Waals surface area (Å²) in [4.78, 5) is 7.02. The minimum absolute atomic E-state index is 0.153. The van der Waals surface area contributed by atoms with Crippen molar-refractivity contribution in [2.24, 2.45) is 5.92 Å². The zero-order valence-electron chi connectivity index (χ0n) is 20.8. The largest absolute Gasteiger partial charge is 0.393 e. The van der Waals surface area contributed by atoms with Crippen molar-refractivity contribution in [2.45, 2.75) is 44.1 Å². The monoisotopic (exact) mass is 519 g/mol. The summed E-state index contributed by atoms with van der Waals surface area (Å²) in [6.45, 7) is 2.29. The second-order valence-electron chi connectivity index (χ2n) is 10.4. The molecule has 5 rings (SSSR count). The van der Waals surface area contributed by atoms with E-state index >= 15 is 8.78 Å². The molecule has 1 aromatic heterocycles. The molecule has 0 radical (unpaired) electrons. The summed E-state index contributed by atoms with van der Waals surface area (Å²) < 4.78 is 58.4. The molecule has 3 heterocycles. The highest BCUT2D eigenvalue weighted by Crippen LogP contribution is 2.43. The van der Waals surface area contributed by atoms with Gasteiger partial charge in [-0.15, -0.1) is 0 Å². The zero-order valence-corrected chi connectivity index (χ0v) is 20.8. The first-order valence-corrected chi connectivity index (χ1v) is 12.9. The normalized spacial score (nSPS) is 22.7. The van der Waals surface area contributed by atoms with Gasteiger partial charge in [0.25, 0.3) is 0 Å². The molecule has 9 heteroatoms. The number of para-hydroxylation sites is 1. The molecule has 0 bridgehead atoms. The summed E-state index contributed by atoms with van der Waals surface area (Å²) in [7, 11) is 0. The van der Waals surface area contributed by atoms with Gasteiger partial charge in [0.05, 0.1) is 25.4 Å². The molecule has 5 nitrogen and oxygen atoms in total. The molecule has 1 unspecified atom stereocenters. The summed E-state index contributed by atoms with van der Waals surface area (Å²) in [5.74, 6) is -1.81. The predicted octanol–water partition coefficient (Wildman–Crippen LogP) is 4.44. The highest BCUT2D eigenvalue weighted by molar-refractivity contribution is 5.85. The molecule has 37 heavy (non-hydrogen) atoms. The molecule has 4 atom stereocenters. The van der Waals surface area contributed by atoms with Crippen LogP contribution in [0.1, 0.15) is 47.9 Å². The lowest BCUT2D eigenvalue weighted by atomic mass is 9.85. The van der Waals surface area contributed by atoms with E-state index in [2.05, 4.69) is 4.98 Å². The Labute approximate surface area is 213 Å². The van der Waals surface area contributed by atoms with Crippen LogP contribution >= 0.6 is 0 Å². The number of hydrogen-bond donors (Lipinski definition) is 3. The number of fused-ring (bicyclic) bond motifs is 3. The number of aromatic amines is 1. The molecule has 1 fully saturated rings. The molecule has 0 aliphatic carbocycles. The number of nitrogens with zero attached hydrogens (tertiary/aromatic N) is 2. The van der Waals surface area contributed by atoms with Crippen molar-refractivity contribution in [1.29, 1.82) is 0 Å². The fourth-order valence-electron chi connectivity index (χ4n) is 5.97. The van der Waals surface area contributed by atoms with Gasteiger partial charge in [0.2, 0.25) is 0 Å². The number of nitrogens with one attached hydrogen (secondary N) is 1. The first-order valence-electron chi connectivity index (χ1n) is 12.9. The molecule has 3 N–H and O–H groups in total. The molecule has 0 amide bonds. The van der Waals surface area contributed by atoms with Crippen molar-refractivity contribution in [3.8, 4) is 0 Å². The topological polar surface area (TPSA) is 62.7 Å². The Morgan fingerprint density at radius 1 is 1.14 bits per heavy atom. The SMILES string of the molecule is C[C@@H]1Cc2c([nH]c3ccccc23)[C@@H](c2c(F)cc([C@H](O)C3CN(CCCF)C3)cc2F)N1CC(F)CO. The molecule has 0 spiro atoms. The Morgan fingerprint density at radius 2 is 1.84 bits per heavy atom. The van der Waals surface area contributed by atoms with Crippen molar-refractivity contribution in [1.82, 2.24) is 14.8 Å². The number of aliphatic hydroxyl groups excluding tert-OH is 2. The Bertz CT molecular complexity index is 1220. The van der Waals surface area contributed by atoms with Gasteiger partial charge in [0, 0.05) is 60.3 Å². The van der Waals surface area contributed by atoms with Crippen molar-refractivity contribution in [3.05, 3.63) is 70.4 Å². The van der Waals surface area contributed by atoms with E-state index in [1.54, 1.807) is 4.90 Å². The highest BCUT2D eigenvalue weighted by Gasteiger charge is 2.40. The van der Waals surface area contributed by atoms with Crippen LogP contribution < -0.4 is 0 Å². The van der Waals surface area contributed by atoms with E-state index in [9.17, 15) is 19.0 Å². The average molecular weight is 520 g/mol. The van der Waals surface area contributed by atoms with Crippen molar-refractivity contribution in [2.75, 3.05) is 39.5 Å². The number of aliphatic hydroxyl groups is 2. The number of rotatable bonds is 9. The van der Waals surface area contributed by atoms with E-state index in [-0.39, 0.29) is 29.6 Å². The van der Waals surface area contributed by atoms with E-state index in [0.717, 1.165) is 16.5 Å². The second-order valence-corrected chi connectivity index (χ2v) is 10.4. The molecule has 3 aromatic rings. The Hall–Kier alpha value is -2.46. The Kier molecular flexibility index (Phi) is 7.58. The third-order valence-corrected chi connectivity index (χ3v) is 7.88.